The van der Waals surface area contributed by atoms with Crippen molar-refractivity contribution < 1.29 is 5.11 Å². The number of β-amino-alcohol motifs (C(OH)–C–C–N with tert-alkyl or cyclic N) is 1. The average molecular weight is 235 g/mol. The number of piperidine rings is 1. The Morgan fingerprint density at radius 2 is 2.47 bits per heavy atom. The average Bonchev–Trinajstić information content (AvgIpc) is 2.62. The molecular weight excluding hydrogens is 214 g/mol. The topological polar surface area (TPSA) is 41.3 Å². The molecule has 0 bridgehead atoms. The number of aliphatic hydroxyl groups excluding tert-OH is 1. The van der Waals surface area contributed by atoms with Gasteiger partial charge in [-0.05, 0) is 26.3 Å². The van der Waals surface area contributed by atoms with Crippen LogP contribution in [0, 0.1) is 6.92 Å². The zero-order chi connectivity index (χ0) is 12.3. The molecule has 0 radical (unpaired) electrons. The van der Waals surface area contributed by atoms with E-state index < -0.39 is 0 Å². The molecule has 0 amide bonds. The Balaban J connectivity index is 2.00. The second-order valence-electron chi connectivity index (χ2n) is 4.76. The highest BCUT2D eigenvalue weighted by Crippen LogP contribution is 2.15. The zero-order valence-electron chi connectivity index (χ0n) is 10.5. The summed E-state index contributed by atoms with van der Waals surface area (Å²) >= 11 is 0. The lowest BCUT2D eigenvalue weighted by atomic mass is 10.1. The minimum atomic E-state index is -0.160. The molecule has 1 unspecified atom stereocenters. The first-order valence-electron chi connectivity index (χ1n) is 6.23. The maximum atomic E-state index is 9.64. The highest BCUT2D eigenvalue weighted by Gasteiger charge is 2.19. The van der Waals surface area contributed by atoms with Gasteiger partial charge >= 0.3 is 0 Å². The number of hydrogen-bond acceptors (Lipinski definition) is 3. The van der Waals surface area contributed by atoms with Crippen molar-refractivity contribution in [2.24, 2.45) is 0 Å². The Morgan fingerprint density at radius 1 is 1.65 bits per heavy atom. The van der Waals surface area contributed by atoms with Crippen molar-refractivity contribution in [1.29, 1.82) is 0 Å². The van der Waals surface area contributed by atoms with Gasteiger partial charge in [0.1, 0.15) is 0 Å². The van der Waals surface area contributed by atoms with E-state index in [1.54, 1.807) is 0 Å². The summed E-state index contributed by atoms with van der Waals surface area (Å²) in [4.78, 5) is 2.30. The Kier molecular flexibility index (Phi) is 3.97. The number of hydrogen-bond donors (Lipinski definition) is 1. The van der Waals surface area contributed by atoms with E-state index in [2.05, 4.69) is 23.5 Å². The van der Waals surface area contributed by atoms with Crippen molar-refractivity contribution in [3.63, 3.8) is 0 Å². The number of likely N-dealkylation sites (tertiary alicyclic amines) is 1. The van der Waals surface area contributed by atoms with E-state index in [1.807, 2.05) is 17.0 Å². The van der Waals surface area contributed by atoms with Gasteiger partial charge in [-0.25, -0.2) is 0 Å². The van der Waals surface area contributed by atoms with E-state index in [0.717, 1.165) is 39.0 Å². The molecule has 94 valence electrons. The predicted molar refractivity (Wildman–Crippen MR) is 67.7 cm³/mol. The van der Waals surface area contributed by atoms with Gasteiger partial charge in [0.15, 0.2) is 0 Å². The molecule has 2 heterocycles. The predicted octanol–water partition coefficient (Wildman–Crippen LogP) is 1.33. The minimum absolute atomic E-state index is 0.160. The first-order chi connectivity index (χ1) is 8.20. The molecule has 4 nitrogen and oxygen atoms in total. The minimum Gasteiger partial charge on any atom is -0.392 e. The lowest BCUT2D eigenvalue weighted by molar-refractivity contribution is 0.0667. The summed E-state index contributed by atoms with van der Waals surface area (Å²) in [5.41, 5.74) is 2.45. The molecule has 0 aliphatic carbocycles. The first-order valence-corrected chi connectivity index (χ1v) is 6.23. The molecule has 1 N–H and O–H groups in total. The molecule has 1 fully saturated rings. The van der Waals surface area contributed by atoms with Crippen LogP contribution in [-0.4, -0.2) is 39.0 Å². The van der Waals surface area contributed by atoms with Crippen molar-refractivity contribution in [3.8, 4) is 0 Å². The molecule has 4 heteroatoms. The number of allylic oxidation sites excluding steroid dienone is 1. The largest absolute Gasteiger partial charge is 0.392 e. The van der Waals surface area contributed by atoms with Crippen molar-refractivity contribution >= 4 is 0 Å². The van der Waals surface area contributed by atoms with Crippen molar-refractivity contribution in [1.82, 2.24) is 14.7 Å². The third-order valence-electron chi connectivity index (χ3n) is 3.38. The molecule has 0 spiro atoms. The molecule has 1 saturated heterocycles. The van der Waals surface area contributed by atoms with Crippen molar-refractivity contribution in [2.75, 3.05) is 13.1 Å². The van der Waals surface area contributed by atoms with Gasteiger partial charge in [0.2, 0.25) is 0 Å². The fourth-order valence-corrected chi connectivity index (χ4v) is 2.36. The Labute approximate surface area is 103 Å². The van der Waals surface area contributed by atoms with Gasteiger partial charge in [-0.3, -0.25) is 9.58 Å². The number of nitrogens with zero attached hydrogens (tertiary/aromatic N) is 3. The smallest absolute Gasteiger partial charge is 0.0667 e. The van der Waals surface area contributed by atoms with Crippen LogP contribution in [-0.2, 0) is 13.1 Å². The van der Waals surface area contributed by atoms with Crippen molar-refractivity contribution in [3.05, 3.63) is 30.1 Å². The van der Waals surface area contributed by atoms with Gasteiger partial charge in [-0.1, -0.05) is 6.08 Å². The molecule has 1 aromatic heterocycles. The molecule has 1 aliphatic rings. The van der Waals surface area contributed by atoms with Crippen LogP contribution in [0.2, 0.25) is 0 Å². The van der Waals surface area contributed by atoms with E-state index in [0.29, 0.717) is 0 Å². The maximum absolute atomic E-state index is 9.64. The summed E-state index contributed by atoms with van der Waals surface area (Å²) in [5.74, 6) is 0. The van der Waals surface area contributed by atoms with Crippen LogP contribution in [0.15, 0.2) is 18.9 Å². The standard InChI is InChI=1S/C13H21N3O/c1-3-6-16-11(2)12(8-14-16)9-15-7-4-5-13(17)10-15/h3,8,13,17H,1,4-7,9-10H2,2H3. The summed E-state index contributed by atoms with van der Waals surface area (Å²) in [6.45, 7) is 9.32. The number of aromatic nitrogens is 2. The SMILES string of the molecule is C=CCn1ncc(CN2CCCC(O)C2)c1C. The zero-order valence-corrected chi connectivity index (χ0v) is 10.5. The lowest BCUT2D eigenvalue weighted by Gasteiger charge is -2.29. The van der Waals surface area contributed by atoms with Crippen LogP contribution < -0.4 is 0 Å². The summed E-state index contributed by atoms with van der Waals surface area (Å²) in [6.07, 6.45) is 5.65. The maximum Gasteiger partial charge on any atom is 0.0667 e. The van der Waals surface area contributed by atoms with Crippen molar-refractivity contribution in [2.45, 2.75) is 39.0 Å². The summed E-state index contributed by atoms with van der Waals surface area (Å²) in [6, 6.07) is 0. The highest BCUT2D eigenvalue weighted by molar-refractivity contribution is 5.16. The molecule has 17 heavy (non-hydrogen) atoms. The fourth-order valence-electron chi connectivity index (χ4n) is 2.36. The molecule has 1 atom stereocenters. The van der Waals surface area contributed by atoms with Crippen LogP contribution in [0.1, 0.15) is 24.1 Å². The second kappa shape index (κ2) is 5.47. The molecule has 0 aromatic carbocycles. The second-order valence-corrected chi connectivity index (χ2v) is 4.76. The normalized spacial score (nSPS) is 21.6. The van der Waals surface area contributed by atoms with E-state index in [4.69, 9.17) is 0 Å². The fraction of sp³-hybridized carbons (Fsp3) is 0.615. The van der Waals surface area contributed by atoms with Crippen LogP contribution in [0.5, 0.6) is 0 Å². The van der Waals surface area contributed by atoms with E-state index in [9.17, 15) is 5.11 Å². The van der Waals surface area contributed by atoms with Crippen LogP contribution in [0.25, 0.3) is 0 Å². The van der Waals surface area contributed by atoms with Gasteiger partial charge in [-0.2, -0.15) is 5.10 Å². The third kappa shape index (κ3) is 2.96. The summed E-state index contributed by atoms with van der Waals surface area (Å²) < 4.78 is 1.96. The summed E-state index contributed by atoms with van der Waals surface area (Å²) in [5, 5.41) is 14.0. The van der Waals surface area contributed by atoms with Crippen LogP contribution in [0.3, 0.4) is 0 Å². The van der Waals surface area contributed by atoms with E-state index in [-0.39, 0.29) is 6.10 Å². The molecule has 2 rings (SSSR count). The Hall–Kier alpha value is -1.13. The van der Waals surface area contributed by atoms with Gasteiger partial charge < -0.3 is 5.11 Å². The monoisotopic (exact) mass is 235 g/mol. The lowest BCUT2D eigenvalue weighted by Crippen LogP contribution is -2.37. The van der Waals surface area contributed by atoms with E-state index >= 15 is 0 Å². The Bertz CT molecular complexity index is 386. The van der Waals surface area contributed by atoms with E-state index in [1.165, 1.54) is 11.3 Å². The van der Waals surface area contributed by atoms with Gasteiger partial charge in [0, 0.05) is 24.3 Å². The van der Waals surface area contributed by atoms with Crippen LogP contribution >= 0.6 is 0 Å². The quantitative estimate of drug-likeness (QED) is 0.801. The first kappa shape index (κ1) is 12.3. The molecular formula is C13H21N3O. The van der Waals surface area contributed by atoms with Crippen LogP contribution in [0.4, 0.5) is 0 Å². The third-order valence-corrected chi connectivity index (χ3v) is 3.38. The summed E-state index contributed by atoms with van der Waals surface area (Å²) in [7, 11) is 0. The molecule has 1 aliphatic heterocycles. The van der Waals surface area contributed by atoms with Gasteiger partial charge in [-0.15, -0.1) is 6.58 Å². The number of rotatable bonds is 4. The Morgan fingerprint density at radius 3 is 3.18 bits per heavy atom. The molecule has 1 aromatic rings. The molecule has 0 saturated carbocycles. The highest BCUT2D eigenvalue weighted by atomic mass is 16.3. The van der Waals surface area contributed by atoms with Gasteiger partial charge in [0.25, 0.3) is 0 Å². The van der Waals surface area contributed by atoms with Gasteiger partial charge in [0.05, 0.1) is 18.8 Å². The number of aliphatic hydroxyl groups is 1.